The van der Waals surface area contributed by atoms with Crippen LogP contribution in [0.3, 0.4) is 0 Å². The lowest BCUT2D eigenvalue weighted by Gasteiger charge is -2.24. The number of hydrogen-bond donors (Lipinski definition) is 1. The SMILES string of the molecule is COc1cc(OC)nc(NC(CC(C)C)CN(C)C)n1. The Morgan fingerprint density at radius 2 is 1.70 bits per heavy atom. The van der Waals surface area contributed by atoms with Crippen molar-refractivity contribution in [2.75, 3.05) is 40.2 Å². The Bertz CT molecular complexity index is 378. The summed E-state index contributed by atoms with van der Waals surface area (Å²) >= 11 is 0. The predicted octanol–water partition coefficient (Wildman–Crippen LogP) is 1.88. The molecule has 1 aromatic rings. The van der Waals surface area contributed by atoms with Crippen LogP contribution in [0.1, 0.15) is 20.3 Å². The molecule has 1 heterocycles. The summed E-state index contributed by atoms with van der Waals surface area (Å²) in [5.41, 5.74) is 0. The first-order chi connectivity index (χ1) is 9.44. The van der Waals surface area contributed by atoms with Crippen molar-refractivity contribution in [3.05, 3.63) is 6.07 Å². The van der Waals surface area contributed by atoms with Gasteiger partial charge in [-0.05, 0) is 26.4 Å². The maximum atomic E-state index is 5.16. The third-order valence-electron chi connectivity index (χ3n) is 2.77. The molecule has 114 valence electrons. The van der Waals surface area contributed by atoms with Crippen LogP contribution >= 0.6 is 0 Å². The van der Waals surface area contributed by atoms with Gasteiger partial charge >= 0.3 is 0 Å². The molecule has 1 atom stereocenters. The molecule has 0 aromatic carbocycles. The van der Waals surface area contributed by atoms with E-state index >= 15 is 0 Å². The third-order valence-corrected chi connectivity index (χ3v) is 2.77. The minimum absolute atomic E-state index is 0.279. The van der Waals surface area contributed by atoms with E-state index in [9.17, 15) is 0 Å². The van der Waals surface area contributed by atoms with E-state index < -0.39 is 0 Å². The zero-order valence-corrected chi connectivity index (χ0v) is 13.3. The summed E-state index contributed by atoms with van der Waals surface area (Å²) in [6, 6.07) is 1.94. The summed E-state index contributed by atoms with van der Waals surface area (Å²) in [7, 11) is 7.28. The molecule has 1 aromatic heterocycles. The highest BCUT2D eigenvalue weighted by Crippen LogP contribution is 2.19. The Morgan fingerprint density at radius 3 is 2.10 bits per heavy atom. The van der Waals surface area contributed by atoms with Gasteiger partial charge in [-0.15, -0.1) is 0 Å². The summed E-state index contributed by atoms with van der Waals surface area (Å²) < 4.78 is 10.3. The van der Waals surface area contributed by atoms with E-state index in [1.54, 1.807) is 20.3 Å². The molecule has 0 saturated carbocycles. The molecule has 1 unspecified atom stereocenters. The zero-order valence-electron chi connectivity index (χ0n) is 13.3. The molecule has 0 saturated heterocycles. The summed E-state index contributed by atoms with van der Waals surface area (Å²) in [4.78, 5) is 10.8. The van der Waals surface area contributed by atoms with Crippen LogP contribution in [0.5, 0.6) is 11.8 Å². The molecule has 0 aliphatic rings. The first kappa shape index (κ1) is 16.5. The normalized spacial score (nSPS) is 12.6. The monoisotopic (exact) mass is 282 g/mol. The largest absolute Gasteiger partial charge is 0.481 e. The third kappa shape index (κ3) is 5.61. The van der Waals surface area contributed by atoms with Crippen molar-refractivity contribution in [3.8, 4) is 11.8 Å². The fraction of sp³-hybridized carbons (Fsp3) is 0.714. The lowest BCUT2D eigenvalue weighted by Crippen LogP contribution is -2.34. The number of rotatable bonds is 8. The second kappa shape index (κ2) is 7.89. The molecule has 0 radical (unpaired) electrons. The number of nitrogens with zero attached hydrogens (tertiary/aromatic N) is 3. The standard InChI is InChI=1S/C14H26N4O2/c1-10(2)7-11(9-18(3)4)15-14-16-12(19-5)8-13(17-14)20-6/h8,10-11H,7,9H2,1-6H3,(H,15,16,17). The lowest BCUT2D eigenvalue weighted by atomic mass is 10.0. The van der Waals surface area contributed by atoms with Gasteiger partial charge in [-0.2, -0.15) is 9.97 Å². The second-order valence-electron chi connectivity index (χ2n) is 5.51. The van der Waals surface area contributed by atoms with Crippen LogP contribution in [0.15, 0.2) is 6.07 Å². The molecule has 0 aliphatic heterocycles. The van der Waals surface area contributed by atoms with Crippen LogP contribution in [0.4, 0.5) is 5.95 Å². The fourth-order valence-electron chi connectivity index (χ4n) is 2.05. The van der Waals surface area contributed by atoms with Crippen LogP contribution in [0.25, 0.3) is 0 Å². The van der Waals surface area contributed by atoms with Crippen LogP contribution < -0.4 is 14.8 Å². The van der Waals surface area contributed by atoms with E-state index in [0.29, 0.717) is 23.6 Å². The highest BCUT2D eigenvalue weighted by atomic mass is 16.5. The summed E-state index contributed by atoms with van der Waals surface area (Å²) in [5, 5.41) is 3.37. The number of likely N-dealkylation sites (N-methyl/N-ethyl adjacent to an activating group) is 1. The molecule has 0 aliphatic carbocycles. The summed E-state index contributed by atoms with van der Waals surface area (Å²) in [6.45, 7) is 5.33. The molecular weight excluding hydrogens is 256 g/mol. The molecule has 6 nitrogen and oxygen atoms in total. The van der Waals surface area contributed by atoms with Gasteiger partial charge in [0.25, 0.3) is 0 Å². The molecule has 1 rings (SSSR count). The first-order valence-electron chi connectivity index (χ1n) is 6.83. The van der Waals surface area contributed by atoms with E-state index in [2.05, 4.69) is 48.1 Å². The molecule has 0 fully saturated rings. The van der Waals surface area contributed by atoms with Crippen LogP contribution in [0, 0.1) is 5.92 Å². The van der Waals surface area contributed by atoms with Crippen LogP contribution in [-0.2, 0) is 0 Å². The quantitative estimate of drug-likeness (QED) is 0.785. The predicted molar refractivity (Wildman–Crippen MR) is 80.6 cm³/mol. The number of ether oxygens (including phenoxy) is 2. The average Bonchev–Trinajstić information content (AvgIpc) is 2.36. The second-order valence-corrected chi connectivity index (χ2v) is 5.51. The van der Waals surface area contributed by atoms with Gasteiger partial charge in [-0.25, -0.2) is 0 Å². The van der Waals surface area contributed by atoms with Crippen molar-refractivity contribution < 1.29 is 9.47 Å². The van der Waals surface area contributed by atoms with Gasteiger partial charge in [0.1, 0.15) is 0 Å². The molecule has 0 amide bonds. The van der Waals surface area contributed by atoms with E-state index in [4.69, 9.17) is 9.47 Å². The number of hydrogen-bond acceptors (Lipinski definition) is 6. The topological polar surface area (TPSA) is 59.5 Å². The number of aromatic nitrogens is 2. The molecule has 0 bridgehead atoms. The van der Waals surface area contributed by atoms with Crippen molar-refractivity contribution in [3.63, 3.8) is 0 Å². The number of anilines is 1. The molecular formula is C14H26N4O2. The van der Waals surface area contributed by atoms with Gasteiger partial charge in [0.05, 0.1) is 20.3 Å². The van der Waals surface area contributed by atoms with E-state index in [0.717, 1.165) is 13.0 Å². The van der Waals surface area contributed by atoms with Crippen molar-refractivity contribution in [2.24, 2.45) is 5.92 Å². The van der Waals surface area contributed by atoms with Gasteiger partial charge in [0.2, 0.25) is 17.7 Å². The van der Waals surface area contributed by atoms with Gasteiger partial charge in [0.15, 0.2) is 0 Å². The maximum absolute atomic E-state index is 5.16. The summed E-state index contributed by atoms with van der Waals surface area (Å²) in [5.74, 6) is 2.12. The van der Waals surface area contributed by atoms with Gasteiger partial charge < -0.3 is 19.7 Å². The maximum Gasteiger partial charge on any atom is 0.229 e. The Balaban J connectivity index is 2.85. The van der Waals surface area contributed by atoms with Crippen molar-refractivity contribution in [1.29, 1.82) is 0 Å². The Morgan fingerprint density at radius 1 is 1.15 bits per heavy atom. The molecule has 6 heteroatoms. The van der Waals surface area contributed by atoms with Crippen LogP contribution in [-0.4, -0.2) is 55.8 Å². The molecule has 0 spiro atoms. The Labute approximate surface area is 121 Å². The van der Waals surface area contributed by atoms with E-state index in [1.165, 1.54) is 0 Å². The van der Waals surface area contributed by atoms with E-state index in [-0.39, 0.29) is 6.04 Å². The molecule has 20 heavy (non-hydrogen) atoms. The number of nitrogens with one attached hydrogen (secondary N) is 1. The minimum atomic E-state index is 0.279. The first-order valence-corrected chi connectivity index (χ1v) is 6.83. The van der Waals surface area contributed by atoms with Crippen molar-refractivity contribution in [2.45, 2.75) is 26.3 Å². The van der Waals surface area contributed by atoms with Crippen molar-refractivity contribution in [1.82, 2.24) is 14.9 Å². The fourth-order valence-corrected chi connectivity index (χ4v) is 2.05. The molecule has 1 N–H and O–H groups in total. The van der Waals surface area contributed by atoms with Gasteiger partial charge in [0, 0.05) is 12.6 Å². The Kier molecular flexibility index (Phi) is 6.51. The van der Waals surface area contributed by atoms with E-state index in [1.807, 2.05) is 0 Å². The minimum Gasteiger partial charge on any atom is -0.481 e. The van der Waals surface area contributed by atoms with Crippen molar-refractivity contribution >= 4 is 5.95 Å². The average molecular weight is 282 g/mol. The smallest absolute Gasteiger partial charge is 0.229 e. The van der Waals surface area contributed by atoms with Gasteiger partial charge in [-0.3, -0.25) is 0 Å². The lowest BCUT2D eigenvalue weighted by molar-refractivity contribution is 0.352. The Hall–Kier alpha value is -1.56. The highest BCUT2D eigenvalue weighted by molar-refractivity contribution is 5.34. The highest BCUT2D eigenvalue weighted by Gasteiger charge is 2.14. The zero-order chi connectivity index (χ0) is 15.1. The van der Waals surface area contributed by atoms with Gasteiger partial charge in [-0.1, -0.05) is 13.8 Å². The number of methoxy groups -OCH3 is 2. The summed E-state index contributed by atoms with van der Waals surface area (Å²) in [6.07, 6.45) is 1.04. The van der Waals surface area contributed by atoms with Crippen LogP contribution in [0.2, 0.25) is 0 Å².